The SMILES string of the molecule is Cc1cccc(-n2c(SCC(=O)c3ccc(Br)cc3)nc3sc4c(c3c2=O)CC(C)(C)OC4)c1. The molecule has 0 N–H and O–H groups in total. The molecule has 0 unspecified atom stereocenters. The van der Waals surface area contributed by atoms with Crippen LogP contribution in [0.3, 0.4) is 0 Å². The van der Waals surface area contributed by atoms with Crippen LogP contribution in [0.5, 0.6) is 0 Å². The molecule has 2 aromatic carbocycles. The topological polar surface area (TPSA) is 61.2 Å². The third-order valence-corrected chi connectivity index (χ3v) is 8.40. The van der Waals surface area contributed by atoms with Gasteiger partial charge < -0.3 is 4.74 Å². The van der Waals surface area contributed by atoms with Gasteiger partial charge in [-0.2, -0.15) is 0 Å². The Labute approximate surface area is 214 Å². The number of carbonyl (C=O) groups is 1. The van der Waals surface area contributed by atoms with Crippen molar-refractivity contribution in [1.29, 1.82) is 0 Å². The predicted molar refractivity (Wildman–Crippen MR) is 142 cm³/mol. The normalized spacial score (nSPS) is 14.8. The Morgan fingerprint density at radius 1 is 1.24 bits per heavy atom. The summed E-state index contributed by atoms with van der Waals surface area (Å²) < 4.78 is 8.56. The van der Waals surface area contributed by atoms with Gasteiger partial charge in [0.2, 0.25) is 0 Å². The molecule has 174 valence electrons. The highest BCUT2D eigenvalue weighted by atomic mass is 79.9. The molecule has 0 radical (unpaired) electrons. The Kier molecular flexibility index (Phi) is 6.27. The van der Waals surface area contributed by atoms with Crippen molar-refractivity contribution in [1.82, 2.24) is 9.55 Å². The minimum Gasteiger partial charge on any atom is -0.370 e. The number of thiophene rings is 1. The summed E-state index contributed by atoms with van der Waals surface area (Å²) in [6.45, 7) is 6.57. The summed E-state index contributed by atoms with van der Waals surface area (Å²) in [4.78, 5) is 33.5. The molecule has 2 aromatic heterocycles. The van der Waals surface area contributed by atoms with Crippen molar-refractivity contribution in [3.8, 4) is 5.69 Å². The number of aromatic nitrogens is 2. The summed E-state index contributed by atoms with van der Waals surface area (Å²) >= 11 is 6.21. The third-order valence-electron chi connectivity index (χ3n) is 5.83. The molecule has 0 saturated heterocycles. The monoisotopic (exact) mass is 554 g/mol. The van der Waals surface area contributed by atoms with E-state index in [1.165, 1.54) is 23.1 Å². The number of Topliss-reactive ketones (excluding diaryl/α,β-unsaturated/α-hetero) is 1. The number of fused-ring (bicyclic) bond motifs is 3. The molecular weight excluding hydrogens is 532 g/mol. The van der Waals surface area contributed by atoms with Crippen LogP contribution in [-0.4, -0.2) is 26.7 Å². The number of hydrogen-bond donors (Lipinski definition) is 0. The van der Waals surface area contributed by atoms with E-state index < -0.39 is 0 Å². The van der Waals surface area contributed by atoms with Crippen molar-refractivity contribution in [2.45, 2.75) is 44.6 Å². The molecule has 1 aliphatic heterocycles. The Morgan fingerprint density at radius 3 is 2.74 bits per heavy atom. The van der Waals surface area contributed by atoms with Crippen LogP contribution < -0.4 is 5.56 Å². The van der Waals surface area contributed by atoms with Crippen LogP contribution in [0.4, 0.5) is 0 Å². The highest BCUT2D eigenvalue weighted by Gasteiger charge is 2.31. The maximum atomic E-state index is 13.9. The van der Waals surface area contributed by atoms with Crippen LogP contribution in [0.2, 0.25) is 0 Å². The average molecular weight is 556 g/mol. The van der Waals surface area contributed by atoms with Crippen LogP contribution >= 0.6 is 39.0 Å². The highest BCUT2D eigenvalue weighted by molar-refractivity contribution is 9.10. The largest absolute Gasteiger partial charge is 0.370 e. The van der Waals surface area contributed by atoms with E-state index in [1.54, 1.807) is 16.7 Å². The van der Waals surface area contributed by atoms with E-state index in [1.807, 2.05) is 57.2 Å². The predicted octanol–water partition coefficient (Wildman–Crippen LogP) is 6.34. The van der Waals surface area contributed by atoms with Crippen LogP contribution in [0.15, 0.2) is 63.0 Å². The first-order valence-electron chi connectivity index (χ1n) is 10.9. The second-order valence-corrected chi connectivity index (χ2v) is 11.9. The smallest absolute Gasteiger partial charge is 0.267 e. The van der Waals surface area contributed by atoms with E-state index in [-0.39, 0.29) is 22.7 Å². The molecule has 34 heavy (non-hydrogen) atoms. The van der Waals surface area contributed by atoms with Gasteiger partial charge in [0.25, 0.3) is 5.56 Å². The van der Waals surface area contributed by atoms with Crippen LogP contribution in [-0.2, 0) is 17.8 Å². The van der Waals surface area contributed by atoms with E-state index in [0.29, 0.717) is 34.0 Å². The fraction of sp³-hybridized carbons (Fsp3) is 0.269. The van der Waals surface area contributed by atoms with E-state index in [4.69, 9.17) is 9.72 Å². The van der Waals surface area contributed by atoms with Gasteiger partial charge in [-0.05, 0) is 56.2 Å². The molecule has 1 aliphatic rings. The number of carbonyl (C=O) groups excluding carboxylic acids is 1. The Morgan fingerprint density at radius 2 is 2.00 bits per heavy atom. The first-order chi connectivity index (χ1) is 16.2. The molecule has 5 rings (SSSR count). The Bertz CT molecular complexity index is 1470. The molecule has 0 atom stereocenters. The van der Waals surface area contributed by atoms with E-state index in [0.717, 1.165) is 26.2 Å². The number of thioether (sulfide) groups is 1. The number of nitrogens with zero attached hydrogens (tertiary/aromatic N) is 2. The zero-order valence-electron chi connectivity index (χ0n) is 19.1. The number of ketones is 1. The number of aryl methyl sites for hydroxylation is 1. The number of benzene rings is 2. The van der Waals surface area contributed by atoms with Gasteiger partial charge in [-0.1, -0.05) is 52.0 Å². The van der Waals surface area contributed by atoms with Gasteiger partial charge in [0.15, 0.2) is 10.9 Å². The molecule has 0 aliphatic carbocycles. The maximum absolute atomic E-state index is 13.9. The van der Waals surface area contributed by atoms with Crippen LogP contribution in [0.1, 0.15) is 40.2 Å². The second kappa shape index (κ2) is 9.07. The molecule has 0 bridgehead atoms. The lowest BCUT2D eigenvalue weighted by molar-refractivity contribution is -0.0379. The molecule has 5 nitrogen and oxygen atoms in total. The third kappa shape index (κ3) is 4.52. The summed E-state index contributed by atoms with van der Waals surface area (Å²) in [6, 6.07) is 15.1. The quantitative estimate of drug-likeness (QED) is 0.163. The molecule has 0 saturated carbocycles. The molecule has 0 amide bonds. The number of hydrogen-bond acceptors (Lipinski definition) is 6. The van der Waals surface area contributed by atoms with Crippen molar-refractivity contribution < 1.29 is 9.53 Å². The van der Waals surface area contributed by atoms with Gasteiger partial charge in [0, 0.05) is 21.3 Å². The first-order valence-corrected chi connectivity index (χ1v) is 13.5. The molecule has 0 spiro atoms. The number of halogens is 1. The molecule has 8 heteroatoms. The molecule has 3 heterocycles. The highest BCUT2D eigenvalue weighted by Crippen LogP contribution is 2.38. The summed E-state index contributed by atoms with van der Waals surface area (Å²) in [5, 5.41) is 1.19. The second-order valence-electron chi connectivity index (χ2n) is 9.00. The molecule has 0 fully saturated rings. The minimum absolute atomic E-state index is 0.0109. The lowest BCUT2D eigenvalue weighted by Crippen LogP contribution is -2.32. The van der Waals surface area contributed by atoms with Gasteiger partial charge in [-0.25, -0.2) is 4.98 Å². The minimum atomic E-state index is -0.327. The van der Waals surface area contributed by atoms with Gasteiger partial charge >= 0.3 is 0 Å². The fourth-order valence-corrected chi connectivity index (χ4v) is 6.43. The molecular formula is C26H23BrN2O3S2. The van der Waals surface area contributed by atoms with Gasteiger partial charge in [-0.15, -0.1) is 11.3 Å². The standard InChI is InChI=1S/C26H23BrN2O3S2/c1-15-5-4-6-18(11-15)29-24(31)22-19-12-26(2,3)32-13-21(19)34-23(22)28-25(29)33-14-20(30)16-7-9-17(27)10-8-16/h4-11H,12-14H2,1-3H3. The van der Waals surface area contributed by atoms with Crippen LogP contribution in [0.25, 0.3) is 15.9 Å². The lowest BCUT2D eigenvalue weighted by Gasteiger charge is -2.29. The zero-order chi connectivity index (χ0) is 24.0. The van der Waals surface area contributed by atoms with Gasteiger partial charge in [-0.3, -0.25) is 14.2 Å². The van der Waals surface area contributed by atoms with E-state index in [2.05, 4.69) is 15.9 Å². The lowest BCUT2D eigenvalue weighted by atomic mass is 9.94. The van der Waals surface area contributed by atoms with Gasteiger partial charge in [0.05, 0.1) is 29.0 Å². The fourth-order valence-electron chi connectivity index (χ4n) is 4.11. The number of ether oxygens (including phenoxy) is 1. The Balaban J connectivity index is 1.61. The number of rotatable bonds is 5. The van der Waals surface area contributed by atoms with Gasteiger partial charge in [0.1, 0.15) is 4.83 Å². The van der Waals surface area contributed by atoms with Crippen molar-refractivity contribution in [2.24, 2.45) is 0 Å². The summed E-state index contributed by atoms with van der Waals surface area (Å²) in [5.41, 5.74) is 3.05. The van der Waals surface area contributed by atoms with Crippen molar-refractivity contribution in [3.63, 3.8) is 0 Å². The zero-order valence-corrected chi connectivity index (χ0v) is 22.3. The Hall–Kier alpha value is -2.26. The van der Waals surface area contributed by atoms with Crippen molar-refractivity contribution >= 4 is 55.0 Å². The maximum Gasteiger partial charge on any atom is 0.267 e. The van der Waals surface area contributed by atoms with Crippen molar-refractivity contribution in [2.75, 3.05) is 5.75 Å². The molecule has 4 aromatic rings. The summed E-state index contributed by atoms with van der Waals surface area (Å²) in [6.07, 6.45) is 0.668. The van der Waals surface area contributed by atoms with E-state index >= 15 is 0 Å². The summed E-state index contributed by atoms with van der Waals surface area (Å²) in [5.74, 6) is 0.176. The first kappa shape index (κ1) is 23.5. The summed E-state index contributed by atoms with van der Waals surface area (Å²) in [7, 11) is 0. The van der Waals surface area contributed by atoms with E-state index in [9.17, 15) is 9.59 Å². The average Bonchev–Trinajstić information content (AvgIpc) is 3.14. The van der Waals surface area contributed by atoms with Crippen molar-refractivity contribution in [3.05, 3.63) is 84.9 Å². The van der Waals surface area contributed by atoms with Crippen LogP contribution in [0, 0.1) is 6.92 Å².